The molecule has 0 amide bonds. The van der Waals surface area contributed by atoms with Gasteiger partial charge in [-0.25, -0.2) is 0 Å². The number of hydrogen-bond donors (Lipinski definition) is 0. The van der Waals surface area contributed by atoms with Gasteiger partial charge in [-0.15, -0.1) is 0 Å². The van der Waals surface area contributed by atoms with E-state index in [2.05, 4.69) is 27.7 Å². The predicted octanol–water partition coefficient (Wildman–Crippen LogP) is 18.6. The fourth-order valence-corrected chi connectivity index (χ4v) is 8.75. The fourth-order valence-electron chi connectivity index (χ4n) is 8.75. The minimum Gasteiger partial charge on any atom is -0.462 e. The van der Waals surface area contributed by atoms with Crippen LogP contribution in [-0.4, -0.2) is 37.2 Å². The summed E-state index contributed by atoms with van der Waals surface area (Å²) in [6.07, 6.45) is 55.2. The summed E-state index contributed by atoms with van der Waals surface area (Å²) in [7, 11) is 0. The van der Waals surface area contributed by atoms with Gasteiger partial charge in [-0.1, -0.05) is 285 Å². The van der Waals surface area contributed by atoms with Crippen molar-refractivity contribution in [2.75, 3.05) is 13.2 Å². The lowest BCUT2D eigenvalue weighted by Gasteiger charge is -2.18. The smallest absolute Gasteiger partial charge is 0.306 e. The van der Waals surface area contributed by atoms with E-state index in [9.17, 15) is 14.4 Å². The van der Waals surface area contributed by atoms with Crippen LogP contribution in [0.25, 0.3) is 0 Å². The molecule has 0 spiro atoms. The average Bonchev–Trinajstić information content (AvgIpc) is 3.27. The highest BCUT2D eigenvalue weighted by Crippen LogP contribution is 2.18. The van der Waals surface area contributed by atoms with Crippen LogP contribution in [0.15, 0.2) is 0 Å². The number of carbonyl (C=O) groups excluding carboxylic acids is 3. The van der Waals surface area contributed by atoms with Crippen molar-refractivity contribution in [1.29, 1.82) is 0 Å². The second-order valence-corrected chi connectivity index (χ2v) is 20.1. The van der Waals surface area contributed by atoms with Crippen molar-refractivity contribution in [2.24, 2.45) is 5.92 Å². The Balaban J connectivity index is 4.20. The predicted molar refractivity (Wildman–Crippen MR) is 270 cm³/mol. The van der Waals surface area contributed by atoms with Crippen molar-refractivity contribution >= 4 is 17.9 Å². The molecule has 0 aromatic carbocycles. The molecule has 0 heterocycles. The van der Waals surface area contributed by atoms with E-state index in [0.717, 1.165) is 63.7 Å². The van der Waals surface area contributed by atoms with Gasteiger partial charge in [-0.3, -0.25) is 14.4 Å². The van der Waals surface area contributed by atoms with Crippen molar-refractivity contribution in [2.45, 2.75) is 329 Å². The number of ether oxygens (including phenoxy) is 3. The standard InChI is InChI=1S/C57H110O6/c1-5-7-9-11-13-15-17-24-29-32-36-40-44-48-55(58)61-51-54(63-57(60)50-46-42-38-34-27-16-14-12-10-8-6-2)52-62-56(59)49-45-41-37-33-30-26-23-21-19-18-20-22-25-28-31-35-39-43-47-53(3)4/h53-54H,5-52H2,1-4H3/t54-/m0/s1. The highest BCUT2D eigenvalue weighted by atomic mass is 16.6. The first-order chi connectivity index (χ1) is 30.9. The van der Waals surface area contributed by atoms with Gasteiger partial charge >= 0.3 is 17.9 Å². The van der Waals surface area contributed by atoms with Gasteiger partial charge in [-0.05, 0) is 25.2 Å². The highest BCUT2D eigenvalue weighted by molar-refractivity contribution is 5.71. The van der Waals surface area contributed by atoms with Crippen LogP contribution in [0.1, 0.15) is 323 Å². The van der Waals surface area contributed by atoms with Gasteiger partial charge in [0.15, 0.2) is 6.10 Å². The molecule has 6 nitrogen and oxygen atoms in total. The molecule has 374 valence electrons. The van der Waals surface area contributed by atoms with Crippen LogP contribution in [0.4, 0.5) is 0 Å². The summed E-state index contributed by atoms with van der Waals surface area (Å²) in [5, 5.41) is 0. The van der Waals surface area contributed by atoms with Crippen LogP contribution in [-0.2, 0) is 28.6 Å². The molecule has 63 heavy (non-hydrogen) atoms. The minimum atomic E-state index is -0.760. The maximum atomic E-state index is 12.8. The number of carbonyl (C=O) groups is 3. The zero-order valence-electron chi connectivity index (χ0n) is 43.0. The third kappa shape index (κ3) is 51.3. The Morgan fingerprint density at radius 2 is 0.524 bits per heavy atom. The number of unbranched alkanes of at least 4 members (excludes halogenated alkanes) is 39. The van der Waals surface area contributed by atoms with Gasteiger partial charge in [0, 0.05) is 19.3 Å². The summed E-state index contributed by atoms with van der Waals surface area (Å²) in [5.41, 5.74) is 0. The topological polar surface area (TPSA) is 78.9 Å². The van der Waals surface area contributed by atoms with E-state index in [1.807, 2.05) is 0 Å². The summed E-state index contributed by atoms with van der Waals surface area (Å²) in [4.78, 5) is 38.0. The molecule has 0 radical (unpaired) electrons. The Bertz CT molecular complexity index is 949. The molecule has 0 rings (SSSR count). The van der Waals surface area contributed by atoms with Crippen molar-refractivity contribution < 1.29 is 28.6 Å². The molecule has 0 aliphatic heterocycles. The zero-order chi connectivity index (χ0) is 45.9. The molecule has 0 N–H and O–H groups in total. The lowest BCUT2D eigenvalue weighted by molar-refractivity contribution is -0.167. The van der Waals surface area contributed by atoms with Crippen molar-refractivity contribution in [3.63, 3.8) is 0 Å². The van der Waals surface area contributed by atoms with E-state index in [1.54, 1.807) is 0 Å². The molecule has 0 aromatic heterocycles. The van der Waals surface area contributed by atoms with Gasteiger partial charge in [0.25, 0.3) is 0 Å². The number of rotatable bonds is 52. The van der Waals surface area contributed by atoms with Crippen molar-refractivity contribution in [3.8, 4) is 0 Å². The van der Waals surface area contributed by atoms with E-state index >= 15 is 0 Å². The summed E-state index contributed by atoms with van der Waals surface area (Å²) < 4.78 is 16.8. The summed E-state index contributed by atoms with van der Waals surface area (Å²) >= 11 is 0. The lowest BCUT2D eigenvalue weighted by Crippen LogP contribution is -2.30. The molecule has 6 heteroatoms. The second kappa shape index (κ2) is 51.4. The maximum absolute atomic E-state index is 12.8. The zero-order valence-corrected chi connectivity index (χ0v) is 43.0. The van der Waals surface area contributed by atoms with Crippen LogP contribution in [0.3, 0.4) is 0 Å². The molecule has 0 saturated heterocycles. The average molecular weight is 892 g/mol. The monoisotopic (exact) mass is 891 g/mol. The third-order valence-electron chi connectivity index (χ3n) is 13.0. The molecule has 0 bridgehead atoms. The SMILES string of the molecule is CCCCCCCCCCCCCCCC(=O)OC[C@@H](COC(=O)CCCCCCCCCCCCCCCCCCCCC(C)C)OC(=O)CCCCCCCCCCCCC. The molecule has 0 aliphatic rings. The molecule has 1 atom stereocenters. The van der Waals surface area contributed by atoms with Crippen LogP contribution < -0.4 is 0 Å². The van der Waals surface area contributed by atoms with Gasteiger partial charge in [0.05, 0.1) is 0 Å². The van der Waals surface area contributed by atoms with Crippen molar-refractivity contribution in [3.05, 3.63) is 0 Å². The van der Waals surface area contributed by atoms with E-state index < -0.39 is 6.10 Å². The van der Waals surface area contributed by atoms with Crippen molar-refractivity contribution in [1.82, 2.24) is 0 Å². The summed E-state index contributed by atoms with van der Waals surface area (Å²) in [5.74, 6) is 0.0208. The molecule has 0 aromatic rings. The quantitative estimate of drug-likeness (QED) is 0.0344. The lowest BCUT2D eigenvalue weighted by atomic mass is 10.0. The minimum absolute atomic E-state index is 0.0620. The van der Waals surface area contributed by atoms with Gasteiger partial charge in [0.2, 0.25) is 0 Å². The Labute approximate surface area is 393 Å². The molecule has 0 aliphatic carbocycles. The number of hydrogen-bond acceptors (Lipinski definition) is 6. The molecule has 0 fully saturated rings. The Hall–Kier alpha value is -1.59. The van der Waals surface area contributed by atoms with Gasteiger partial charge in [-0.2, -0.15) is 0 Å². The van der Waals surface area contributed by atoms with Gasteiger partial charge in [0.1, 0.15) is 13.2 Å². The fraction of sp³-hybridized carbons (Fsp3) is 0.947. The van der Waals surface area contributed by atoms with E-state index in [-0.39, 0.29) is 31.1 Å². The Morgan fingerprint density at radius 1 is 0.302 bits per heavy atom. The van der Waals surface area contributed by atoms with E-state index in [4.69, 9.17) is 14.2 Å². The normalized spacial score (nSPS) is 12.0. The first kappa shape index (κ1) is 61.4. The van der Waals surface area contributed by atoms with Crippen LogP contribution in [0.5, 0.6) is 0 Å². The first-order valence-electron chi connectivity index (χ1n) is 28.4. The van der Waals surface area contributed by atoms with Crippen LogP contribution in [0, 0.1) is 5.92 Å². The summed E-state index contributed by atoms with van der Waals surface area (Å²) in [6, 6.07) is 0. The molecule has 0 saturated carbocycles. The Morgan fingerprint density at radius 3 is 0.778 bits per heavy atom. The Kier molecular flexibility index (Phi) is 50.1. The van der Waals surface area contributed by atoms with E-state index in [1.165, 1.54) is 218 Å². The largest absolute Gasteiger partial charge is 0.462 e. The molecule has 0 unspecified atom stereocenters. The third-order valence-corrected chi connectivity index (χ3v) is 13.0. The highest BCUT2D eigenvalue weighted by Gasteiger charge is 2.19. The van der Waals surface area contributed by atoms with Gasteiger partial charge < -0.3 is 14.2 Å². The molecular formula is C57H110O6. The molecular weight excluding hydrogens is 781 g/mol. The maximum Gasteiger partial charge on any atom is 0.306 e. The first-order valence-corrected chi connectivity index (χ1v) is 28.4. The second-order valence-electron chi connectivity index (χ2n) is 20.1. The van der Waals surface area contributed by atoms with Crippen LogP contribution in [0.2, 0.25) is 0 Å². The summed E-state index contributed by atoms with van der Waals surface area (Å²) in [6.45, 7) is 9.06. The van der Waals surface area contributed by atoms with E-state index in [0.29, 0.717) is 19.3 Å². The number of esters is 3. The van der Waals surface area contributed by atoms with Crippen LogP contribution >= 0.6 is 0 Å².